The minimum atomic E-state index is 0.350. The standard InChI is InChI=1S/C8H7Cl2N5/c1-4-7(11)14-15(13-4)8-6(10)2-5(9)3-12-8/h2-3H,1H3,(H2,11,14). The average molecular weight is 244 g/mol. The predicted octanol–water partition coefficient (Wildman–Crippen LogP) is 1.86. The second-order valence-electron chi connectivity index (χ2n) is 2.92. The summed E-state index contributed by atoms with van der Waals surface area (Å²) in [5.74, 6) is 0.753. The van der Waals surface area contributed by atoms with Crippen LogP contribution in [0.25, 0.3) is 5.82 Å². The maximum Gasteiger partial charge on any atom is 0.193 e. The second-order valence-corrected chi connectivity index (χ2v) is 3.76. The Morgan fingerprint density at radius 2 is 2.07 bits per heavy atom. The van der Waals surface area contributed by atoms with Crippen molar-refractivity contribution in [1.29, 1.82) is 0 Å². The maximum atomic E-state index is 5.94. The van der Waals surface area contributed by atoms with Crippen LogP contribution < -0.4 is 5.73 Å². The van der Waals surface area contributed by atoms with Crippen LogP contribution in [0.1, 0.15) is 5.69 Å². The Morgan fingerprint density at radius 3 is 2.60 bits per heavy atom. The van der Waals surface area contributed by atoms with Crippen LogP contribution in [0.4, 0.5) is 5.82 Å². The van der Waals surface area contributed by atoms with E-state index in [0.29, 0.717) is 27.4 Å². The zero-order valence-electron chi connectivity index (χ0n) is 7.78. The van der Waals surface area contributed by atoms with E-state index in [1.54, 1.807) is 13.0 Å². The Labute approximate surface area is 95.8 Å². The van der Waals surface area contributed by atoms with E-state index in [-0.39, 0.29) is 0 Å². The van der Waals surface area contributed by atoms with E-state index in [1.165, 1.54) is 11.0 Å². The summed E-state index contributed by atoms with van der Waals surface area (Å²) in [6, 6.07) is 1.57. The highest BCUT2D eigenvalue weighted by atomic mass is 35.5. The van der Waals surface area contributed by atoms with Crippen molar-refractivity contribution in [3.63, 3.8) is 0 Å². The van der Waals surface area contributed by atoms with Gasteiger partial charge in [-0.2, -0.15) is 0 Å². The number of aromatic nitrogens is 4. The molecule has 0 aliphatic heterocycles. The minimum absolute atomic E-state index is 0.350. The first-order chi connectivity index (χ1) is 7.08. The molecule has 2 heterocycles. The van der Waals surface area contributed by atoms with Crippen LogP contribution in [-0.2, 0) is 0 Å². The average Bonchev–Trinajstić information content (AvgIpc) is 2.46. The largest absolute Gasteiger partial charge is 0.381 e. The van der Waals surface area contributed by atoms with Gasteiger partial charge in [0.1, 0.15) is 5.69 Å². The van der Waals surface area contributed by atoms with Gasteiger partial charge in [-0.05, 0) is 13.0 Å². The van der Waals surface area contributed by atoms with Crippen LogP contribution in [0, 0.1) is 6.92 Å². The molecular formula is C8H7Cl2N5. The molecule has 0 aromatic carbocycles. The maximum absolute atomic E-state index is 5.94. The molecule has 78 valence electrons. The molecule has 0 saturated carbocycles. The first-order valence-electron chi connectivity index (χ1n) is 4.09. The molecule has 0 atom stereocenters. The molecule has 2 N–H and O–H groups in total. The topological polar surface area (TPSA) is 69.6 Å². The van der Waals surface area contributed by atoms with Crippen LogP contribution in [0.5, 0.6) is 0 Å². The zero-order valence-corrected chi connectivity index (χ0v) is 9.29. The minimum Gasteiger partial charge on any atom is -0.381 e. The quantitative estimate of drug-likeness (QED) is 0.831. The van der Waals surface area contributed by atoms with E-state index in [4.69, 9.17) is 28.9 Å². The molecule has 15 heavy (non-hydrogen) atoms. The van der Waals surface area contributed by atoms with Crippen molar-refractivity contribution in [3.05, 3.63) is 28.0 Å². The lowest BCUT2D eigenvalue weighted by Gasteiger charge is -2.00. The molecule has 2 aromatic heterocycles. The van der Waals surface area contributed by atoms with Gasteiger partial charge in [0.25, 0.3) is 0 Å². The van der Waals surface area contributed by atoms with Crippen molar-refractivity contribution in [2.75, 3.05) is 5.73 Å². The number of nitrogens with zero attached hydrogens (tertiary/aromatic N) is 4. The fourth-order valence-corrected chi connectivity index (χ4v) is 1.50. The summed E-state index contributed by atoms with van der Waals surface area (Å²) in [5.41, 5.74) is 6.19. The molecule has 0 radical (unpaired) electrons. The summed E-state index contributed by atoms with van der Waals surface area (Å²) in [5, 5.41) is 8.86. The van der Waals surface area contributed by atoms with Crippen molar-refractivity contribution >= 4 is 29.0 Å². The summed E-state index contributed by atoms with van der Waals surface area (Å²) in [7, 11) is 0. The third-order valence-corrected chi connectivity index (χ3v) is 2.28. The molecule has 2 rings (SSSR count). The van der Waals surface area contributed by atoms with Crippen molar-refractivity contribution in [2.24, 2.45) is 0 Å². The van der Waals surface area contributed by atoms with E-state index in [2.05, 4.69) is 15.2 Å². The smallest absolute Gasteiger partial charge is 0.193 e. The van der Waals surface area contributed by atoms with Gasteiger partial charge in [-0.1, -0.05) is 23.2 Å². The lowest BCUT2D eigenvalue weighted by atomic mass is 10.5. The van der Waals surface area contributed by atoms with Crippen LogP contribution in [0.2, 0.25) is 10.0 Å². The molecule has 0 fully saturated rings. The van der Waals surface area contributed by atoms with E-state index in [1.807, 2.05) is 0 Å². The summed E-state index contributed by atoms with van der Waals surface area (Å²) in [6.45, 7) is 1.75. The number of aryl methyl sites for hydroxylation is 1. The highest BCUT2D eigenvalue weighted by molar-refractivity contribution is 6.35. The fraction of sp³-hybridized carbons (Fsp3) is 0.125. The van der Waals surface area contributed by atoms with Crippen molar-refractivity contribution in [2.45, 2.75) is 6.92 Å². The Balaban J connectivity index is 2.54. The van der Waals surface area contributed by atoms with Gasteiger partial charge in [0, 0.05) is 6.20 Å². The number of rotatable bonds is 1. The Morgan fingerprint density at radius 1 is 1.33 bits per heavy atom. The molecule has 2 aromatic rings. The molecular weight excluding hydrogens is 237 g/mol. The van der Waals surface area contributed by atoms with Gasteiger partial charge in [0.05, 0.1) is 10.0 Å². The molecule has 0 aliphatic rings. The second kappa shape index (κ2) is 3.67. The van der Waals surface area contributed by atoms with Crippen LogP contribution >= 0.6 is 23.2 Å². The predicted molar refractivity (Wildman–Crippen MR) is 58.3 cm³/mol. The lowest BCUT2D eigenvalue weighted by Crippen LogP contribution is -2.03. The summed E-state index contributed by atoms with van der Waals surface area (Å²) in [4.78, 5) is 5.30. The summed E-state index contributed by atoms with van der Waals surface area (Å²) in [6.07, 6.45) is 1.47. The number of halogens is 2. The Bertz CT molecular complexity index is 488. The van der Waals surface area contributed by atoms with Gasteiger partial charge in [0.2, 0.25) is 0 Å². The SMILES string of the molecule is Cc1nn(-c2ncc(Cl)cc2Cl)nc1N. The number of hydrogen-bond donors (Lipinski definition) is 1. The number of nitrogens with two attached hydrogens (primary N) is 1. The number of nitrogen functional groups attached to an aromatic ring is 1. The normalized spacial score (nSPS) is 10.6. The third-order valence-electron chi connectivity index (χ3n) is 1.80. The van der Waals surface area contributed by atoms with E-state index >= 15 is 0 Å². The molecule has 0 bridgehead atoms. The van der Waals surface area contributed by atoms with E-state index in [0.717, 1.165) is 0 Å². The molecule has 5 nitrogen and oxygen atoms in total. The summed E-state index contributed by atoms with van der Waals surface area (Å²) >= 11 is 11.7. The molecule has 0 spiro atoms. The number of hydrogen-bond acceptors (Lipinski definition) is 4. The number of pyridine rings is 1. The van der Waals surface area contributed by atoms with Crippen molar-refractivity contribution in [1.82, 2.24) is 20.0 Å². The van der Waals surface area contributed by atoms with Gasteiger partial charge in [-0.15, -0.1) is 15.0 Å². The van der Waals surface area contributed by atoms with Crippen LogP contribution in [-0.4, -0.2) is 20.0 Å². The van der Waals surface area contributed by atoms with Gasteiger partial charge < -0.3 is 5.73 Å². The van der Waals surface area contributed by atoms with Crippen molar-refractivity contribution in [3.8, 4) is 5.82 Å². The highest BCUT2D eigenvalue weighted by Crippen LogP contribution is 2.21. The Kier molecular flexibility index (Phi) is 2.50. The van der Waals surface area contributed by atoms with Crippen molar-refractivity contribution < 1.29 is 0 Å². The Hall–Kier alpha value is -1.33. The van der Waals surface area contributed by atoms with Gasteiger partial charge in [-0.3, -0.25) is 0 Å². The molecule has 0 aliphatic carbocycles. The molecule has 7 heteroatoms. The first kappa shape index (κ1) is 10.2. The number of anilines is 1. The third kappa shape index (κ3) is 1.88. The van der Waals surface area contributed by atoms with Crippen LogP contribution in [0.3, 0.4) is 0 Å². The molecule has 0 amide bonds. The van der Waals surface area contributed by atoms with Gasteiger partial charge in [0.15, 0.2) is 11.6 Å². The first-order valence-corrected chi connectivity index (χ1v) is 4.84. The lowest BCUT2D eigenvalue weighted by molar-refractivity contribution is 0.726. The highest BCUT2D eigenvalue weighted by Gasteiger charge is 2.10. The van der Waals surface area contributed by atoms with Gasteiger partial charge >= 0.3 is 0 Å². The van der Waals surface area contributed by atoms with Gasteiger partial charge in [-0.25, -0.2) is 4.98 Å². The summed E-state index contributed by atoms with van der Waals surface area (Å²) < 4.78 is 0. The monoisotopic (exact) mass is 243 g/mol. The van der Waals surface area contributed by atoms with E-state index in [9.17, 15) is 0 Å². The zero-order chi connectivity index (χ0) is 11.0. The molecule has 0 unspecified atom stereocenters. The van der Waals surface area contributed by atoms with Crippen LogP contribution in [0.15, 0.2) is 12.3 Å². The fourth-order valence-electron chi connectivity index (χ4n) is 1.04. The van der Waals surface area contributed by atoms with E-state index < -0.39 is 0 Å². The molecule has 0 saturated heterocycles.